The lowest BCUT2D eigenvalue weighted by atomic mass is 9.97. The average Bonchev–Trinajstić information content (AvgIpc) is 3.11. The highest BCUT2D eigenvalue weighted by Gasteiger charge is 2.36. The number of alkyl halides is 3. The van der Waals surface area contributed by atoms with Crippen LogP contribution in [0.5, 0.6) is 0 Å². The largest absolute Gasteiger partial charge is 0.452 e. The molecule has 3 heterocycles. The van der Waals surface area contributed by atoms with Crippen molar-refractivity contribution in [2.24, 2.45) is 5.92 Å². The second-order valence-corrected chi connectivity index (χ2v) is 10.5. The highest BCUT2D eigenvalue weighted by molar-refractivity contribution is 7.91. The molecule has 2 aliphatic heterocycles. The van der Waals surface area contributed by atoms with Gasteiger partial charge in [0.2, 0.25) is 0 Å². The maximum Gasteiger partial charge on any atom is 0.417 e. The van der Waals surface area contributed by atoms with E-state index in [2.05, 4.69) is 4.98 Å². The molecule has 0 unspecified atom stereocenters. The van der Waals surface area contributed by atoms with Gasteiger partial charge in [-0.05, 0) is 38.3 Å². The van der Waals surface area contributed by atoms with Gasteiger partial charge in [0.05, 0.1) is 23.0 Å². The van der Waals surface area contributed by atoms with Crippen molar-refractivity contribution < 1.29 is 35.9 Å². The number of carbonyl (C=O) groups excluding carboxylic acids is 2. The molecule has 2 saturated heterocycles. The van der Waals surface area contributed by atoms with Gasteiger partial charge in [-0.1, -0.05) is 0 Å². The van der Waals surface area contributed by atoms with Crippen molar-refractivity contribution in [2.75, 3.05) is 36.5 Å². The molecule has 2 fully saturated rings. The van der Waals surface area contributed by atoms with Crippen LogP contribution in [0.25, 0.3) is 0 Å². The number of anilines is 1. The maximum atomic E-state index is 12.7. The van der Waals surface area contributed by atoms with Crippen LogP contribution in [-0.2, 0) is 30.3 Å². The summed E-state index contributed by atoms with van der Waals surface area (Å²) in [7, 11) is -1.64. The first-order valence-electron chi connectivity index (χ1n) is 10.3. The molecule has 32 heavy (non-hydrogen) atoms. The quantitative estimate of drug-likeness (QED) is 0.598. The summed E-state index contributed by atoms with van der Waals surface area (Å²) in [4.78, 5) is 32.1. The average molecular weight is 478 g/mol. The third-order valence-electron chi connectivity index (χ3n) is 5.97. The molecule has 0 aromatic carbocycles. The number of rotatable bonds is 5. The van der Waals surface area contributed by atoms with Crippen LogP contribution in [0.2, 0.25) is 0 Å². The van der Waals surface area contributed by atoms with E-state index in [1.807, 2.05) is 0 Å². The van der Waals surface area contributed by atoms with Crippen LogP contribution in [0.1, 0.15) is 31.7 Å². The molecule has 2 atom stereocenters. The van der Waals surface area contributed by atoms with Crippen LogP contribution in [0.15, 0.2) is 18.3 Å². The fraction of sp³-hybridized carbons (Fsp3) is 0.650. The molecule has 0 spiro atoms. The van der Waals surface area contributed by atoms with Crippen LogP contribution in [-0.4, -0.2) is 74.0 Å². The van der Waals surface area contributed by atoms with Crippen LogP contribution < -0.4 is 4.90 Å². The van der Waals surface area contributed by atoms with Crippen LogP contribution >= 0.6 is 0 Å². The molecule has 0 aliphatic carbocycles. The Hall–Kier alpha value is -2.37. The molecule has 0 radical (unpaired) electrons. The van der Waals surface area contributed by atoms with Crippen molar-refractivity contribution in [3.05, 3.63) is 23.9 Å². The van der Waals surface area contributed by atoms with Crippen molar-refractivity contribution in [1.29, 1.82) is 0 Å². The lowest BCUT2D eigenvalue weighted by Crippen LogP contribution is -2.45. The first kappa shape index (κ1) is 24.3. The second-order valence-electron chi connectivity index (χ2n) is 8.25. The molecule has 1 amide bonds. The summed E-state index contributed by atoms with van der Waals surface area (Å²) in [5, 5.41) is 0. The van der Waals surface area contributed by atoms with Gasteiger partial charge >= 0.3 is 12.1 Å². The van der Waals surface area contributed by atoms with E-state index >= 15 is 0 Å². The van der Waals surface area contributed by atoms with Gasteiger partial charge in [0, 0.05) is 32.4 Å². The van der Waals surface area contributed by atoms with E-state index in [4.69, 9.17) is 4.74 Å². The number of likely N-dealkylation sites (N-methyl/N-ethyl adjacent to an activating group) is 1. The Balaban J connectivity index is 1.49. The summed E-state index contributed by atoms with van der Waals surface area (Å²) in [5.74, 6) is -1.05. The second kappa shape index (κ2) is 9.24. The number of ether oxygens (including phenoxy) is 1. The van der Waals surface area contributed by atoms with Crippen LogP contribution in [0.3, 0.4) is 0 Å². The number of amides is 1. The van der Waals surface area contributed by atoms with E-state index in [1.165, 1.54) is 24.9 Å². The van der Waals surface area contributed by atoms with Gasteiger partial charge in [-0.3, -0.25) is 9.59 Å². The third-order valence-corrected chi connectivity index (χ3v) is 7.72. The summed E-state index contributed by atoms with van der Waals surface area (Å²) in [5.41, 5.74) is -0.821. The normalized spacial score (nSPS) is 22.4. The number of pyridine rings is 1. The fourth-order valence-corrected chi connectivity index (χ4v) is 5.73. The highest BCUT2D eigenvalue weighted by atomic mass is 32.2. The monoisotopic (exact) mass is 477 g/mol. The van der Waals surface area contributed by atoms with E-state index in [1.54, 1.807) is 4.90 Å². The third kappa shape index (κ3) is 5.70. The molecule has 178 valence electrons. The zero-order valence-corrected chi connectivity index (χ0v) is 18.7. The maximum absolute atomic E-state index is 12.7. The van der Waals surface area contributed by atoms with E-state index in [-0.39, 0.29) is 11.5 Å². The summed E-state index contributed by atoms with van der Waals surface area (Å²) >= 11 is 0. The van der Waals surface area contributed by atoms with E-state index < -0.39 is 51.5 Å². The zero-order valence-electron chi connectivity index (χ0n) is 17.8. The molecular weight excluding hydrogens is 451 g/mol. The zero-order chi connectivity index (χ0) is 23.7. The Bertz CT molecular complexity index is 944. The van der Waals surface area contributed by atoms with Crippen molar-refractivity contribution in [1.82, 2.24) is 9.88 Å². The minimum absolute atomic E-state index is 0.0375. The smallest absolute Gasteiger partial charge is 0.417 e. The number of hydrogen-bond donors (Lipinski definition) is 0. The minimum Gasteiger partial charge on any atom is -0.452 e. The van der Waals surface area contributed by atoms with E-state index in [0.717, 1.165) is 12.3 Å². The van der Waals surface area contributed by atoms with Gasteiger partial charge in [-0.2, -0.15) is 13.2 Å². The summed E-state index contributed by atoms with van der Waals surface area (Å²) in [6.45, 7) is 2.29. The summed E-state index contributed by atoms with van der Waals surface area (Å²) < 4.78 is 66.6. The molecule has 0 bridgehead atoms. The Kier molecular flexibility index (Phi) is 7.01. The number of carbonyl (C=O) groups is 2. The Labute approximate surface area is 184 Å². The Morgan fingerprint density at radius 1 is 1.22 bits per heavy atom. The number of esters is 1. The molecule has 2 aliphatic rings. The van der Waals surface area contributed by atoms with Crippen LogP contribution in [0, 0.1) is 5.92 Å². The first-order valence-corrected chi connectivity index (χ1v) is 12.2. The van der Waals surface area contributed by atoms with Crippen LogP contribution in [0.4, 0.5) is 19.0 Å². The van der Waals surface area contributed by atoms with Gasteiger partial charge in [-0.15, -0.1) is 0 Å². The van der Waals surface area contributed by atoms with Gasteiger partial charge in [0.25, 0.3) is 5.91 Å². The first-order chi connectivity index (χ1) is 14.9. The number of aromatic nitrogens is 1. The number of sulfone groups is 1. The van der Waals surface area contributed by atoms with Crippen molar-refractivity contribution in [3.8, 4) is 0 Å². The minimum atomic E-state index is -4.45. The van der Waals surface area contributed by atoms with Gasteiger partial charge in [0.1, 0.15) is 5.82 Å². The lowest BCUT2D eigenvalue weighted by molar-refractivity contribution is -0.163. The standard InChI is InChI=1S/C20H26F3N3O5S/c1-13(18(27)25(2)16-7-10-32(29,30)12-16)31-19(28)14-5-8-26(9-6-14)17-4-3-15(11-24-17)20(21,22)23/h3-4,11,13-14,16H,5-10,12H2,1-2H3/t13-,16+/m1/s1. The molecule has 8 nitrogen and oxygen atoms in total. The van der Waals surface area contributed by atoms with Crippen molar-refractivity contribution in [3.63, 3.8) is 0 Å². The number of piperidine rings is 1. The summed E-state index contributed by atoms with van der Waals surface area (Å²) in [6.07, 6.45) is -3.50. The van der Waals surface area contributed by atoms with E-state index in [0.29, 0.717) is 38.2 Å². The molecule has 1 aromatic rings. The molecule has 12 heteroatoms. The predicted octanol–water partition coefficient (Wildman–Crippen LogP) is 1.89. The lowest BCUT2D eigenvalue weighted by Gasteiger charge is -2.32. The molecule has 1 aromatic heterocycles. The van der Waals surface area contributed by atoms with Gasteiger partial charge in [0.15, 0.2) is 15.9 Å². The van der Waals surface area contributed by atoms with Gasteiger partial charge in [-0.25, -0.2) is 13.4 Å². The molecule has 3 rings (SSSR count). The van der Waals surface area contributed by atoms with E-state index in [9.17, 15) is 31.2 Å². The molecule has 0 saturated carbocycles. The Morgan fingerprint density at radius 2 is 1.88 bits per heavy atom. The highest BCUT2D eigenvalue weighted by Crippen LogP contribution is 2.30. The number of hydrogen-bond acceptors (Lipinski definition) is 7. The van der Waals surface area contributed by atoms with Crippen molar-refractivity contribution in [2.45, 2.75) is 44.5 Å². The number of halogens is 3. The predicted molar refractivity (Wildman–Crippen MR) is 110 cm³/mol. The topological polar surface area (TPSA) is 96.9 Å². The SMILES string of the molecule is C[C@@H](OC(=O)C1CCN(c2ccc(C(F)(F)F)cn2)CC1)C(=O)N(C)[C@H]1CCS(=O)(=O)C1. The van der Waals surface area contributed by atoms with Crippen molar-refractivity contribution >= 4 is 27.5 Å². The molecular formula is C20H26F3N3O5S. The Morgan fingerprint density at radius 3 is 2.38 bits per heavy atom. The summed E-state index contributed by atoms with van der Waals surface area (Å²) in [6, 6.07) is 1.86. The molecule has 0 N–H and O–H groups in total. The fourth-order valence-electron chi connectivity index (χ4n) is 3.95. The van der Waals surface area contributed by atoms with Gasteiger partial charge < -0.3 is 14.5 Å². The number of nitrogens with zero attached hydrogens (tertiary/aromatic N) is 3.